The van der Waals surface area contributed by atoms with E-state index in [0.717, 1.165) is 4.47 Å². The van der Waals surface area contributed by atoms with Crippen LogP contribution in [0.1, 0.15) is 23.2 Å². The van der Waals surface area contributed by atoms with Crippen molar-refractivity contribution in [2.75, 3.05) is 12.3 Å². The first-order chi connectivity index (χ1) is 6.65. The van der Waals surface area contributed by atoms with E-state index in [1.54, 1.807) is 12.1 Å². The van der Waals surface area contributed by atoms with Crippen molar-refractivity contribution in [1.82, 2.24) is 0 Å². The largest absolute Gasteiger partial charge is 0.398 e. The van der Waals surface area contributed by atoms with E-state index in [1.807, 2.05) is 6.07 Å². The molecule has 0 unspecified atom stereocenters. The lowest BCUT2D eigenvalue weighted by atomic mass is 10.1. The number of anilines is 1. The van der Waals surface area contributed by atoms with Crippen LogP contribution in [-0.4, -0.2) is 12.3 Å². The minimum Gasteiger partial charge on any atom is -0.398 e. The number of rotatable bonds is 4. The van der Waals surface area contributed by atoms with Crippen LogP contribution in [0, 0.1) is 0 Å². The molecule has 0 atom stereocenters. The summed E-state index contributed by atoms with van der Waals surface area (Å²) in [5.41, 5.74) is 12.1. The Morgan fingerprint density at radius 1 is 1.43 bits per heavy atom. The lowest BCUT2D eigenvalue weighted by molar-refractivity contribution is 0.0981. The summed E-state index contributed by atoms with van der Waals surface area (Å²) in [7, 11) is 0. The monoisotopic (exact) mass is 256 g/mol. The normalized spacial score (nSPS) is 10.1. The maximum absolute atomic E-state index is 11.6. The second-order valence-electron chi connectivity index (χ2n) is 3.05. The molecular weight excluding hydrogens is 244 g/mol. The minimum atomic E-state index is 0.0560. The molecule has 4 N–H and O–H groups in total. The third-order valence-electron chi connectivity index (χ3n) is 1.92. The summed E-state index contributed by atoms with van der Waals surface area (Å²) in [6.07, 6.45) is 1.16. The molecule has 0 fully saturated rings. The van der Waals surface area contributed by atoms with Gasteiger partial charge in [-0.05, 0) is 31.2 Å². The molecule has 0 spiro atoms. The molecule has 1 rings (SSSR count). The third-order valence-corrected chi connectivity index (χ3v) is 2.42. The highest BCUT2D eigenvalue weighted by molar-refractivity contribution is 9.10. The number of carbonyl (C=O) groups is 1. The summed E-state index contributed by atoms with van der Waals surface area (Å²) < 4.78 is 0.880. The van der Waals surface area contributed by atoms with Crippen LogP contribution in [0.3, 0.4) is 0 Å². The number of carbonyl (C=O) groups excluding carboxylic acids is 1. The molecule has 0 heterocycles. The standard InChI is InChI=1S/C10H13BrN2O/c11-7-3-4-8(9(13)6-7)10(14)2-1-5-12/h3-4,6H,1-2,5,12-13H2. The lowest BCUT2D eigenvalue weighted by Crippen LogP contribution is -2.07. The summed E-state index contributed by atoms with van der Waals surface area (Å²) >= 11 is 3.29. The van der Waals surface area contributed by atoms with E-state index in [4.69, 9.17) is 11.5 Å². The molecule has 0 aliphatic heterocycles. The average molecular weight is 257 g/mol. The van der Waals surface area contributed by atoms with Crippen LogP contribution in [0.4, 0.5) is 5.69 Å². The second kappa shape index (κ2) is 5.12. The van der Waals surface area contributed by atoms with E-state index < -0.39 is 0 Å². The van der Waals surface area contributed by atoms with E-state index in [1.165, 1.54) is 0 Å². The summed E-state index contributed by atoms with van der Waals surface area (Å²) in [6, 6.07) is 5.28. The van der Waals surface area contributed by atoms with Crippen molar-refractivity contribution < 1.29 is 4.79 Å². The van der Waals surface area contributed by atoms with Gasteiger partial charge in [0.25, 0.3) is 0 Å². The molecule has 14 heavy (non-hydrogen) atoms. The van der Waals surface area contributed by atoms with Crippen LogP contribution < -0.4 is 11.5 Å². The third kappa shape index (κ3) is 2.82. The number of benzene rings is 1. The van der Waals surface area contributed by atoms with E-state index in [9.17, 15) is 4.79 Å². The van der Waals surface area contributed by atoms with Crippen LogP contribution in [-0.2, 0) is 0 Å². The Kier molecular flexibility index (Phi) is 4.10. The number of hydrogen-bond acceptors (Lipinski definition) is 3. The number of hydrogen-bond donors (Lipinski definition) is 2. The SMILES string of the molecule is NCCCC(=O)c1ccc(Br)cc1N. The van der Waals surface area contributed by atoms with Gasteiger partial charge < -0.3 is 11.5 Å². The Hall–Kier alpha value is -0.870. The Balaban J connectivity index is 2.80. The van der Waals surface area contributed by atoms with Gasteiger partial charge in [0.15, 0.2) is 5.78 Å². The van der Waals surface area contributed by atoms with Gasteiger partial charge in [-0.1, -0.05) is 15.9 Å². The highest BCUT2D eigenvalue weighted by atomic mass is 79.9. The molecule has 0 radical (unpaired) electrons. The van der Waals surface area contributed by atoms with E-state index >= 15 is 0 Å². The van der Waals surface area contributed by atoms with Gasteiger partial charge in [-0.15, -0.1) is 0 Å². The number of Topliss-reactive ketones (excluding diaryl/α,β-unsaturated/α-hetero) is 1. The highest BCUT2D eigenvalue weighted by Crippen LogP contribution is 2.20. The topological polar surface area (TPSA) is 69.1 Å². The van der Waals surface area contributed by atoms with E-state index in [0.29, 0.717) is 30.6 Å². The van der Waals surface area contributed by atoms with Crippen LogP contribution >= 0.6 is 15.9 Å². The van der Waals surface area contributed by atoms with Crippen LogP contribution in [0.5, 0.6) is 0 Å². The van der Waals surface area contributed by atoms with Gasteiger partial charge in [0.05, 0.1) is 0 Å². The second-order valence-corrected chi connectivity index (χ2v) is 3.96. The Morgan fingerprint density at radius 2 is 2.14 bits per heavy atom. The van der Waals surface area contributed by atoms with Crippen molar-refractivity contribution in [3.8, 4) is 0 Å². The molecule has 76 valence electrons. The van der Waals surface area contributed by atoms with Crippen LogP contribution in [0.2, 0.25) is 0 Å². The first-order valence-corrected chi connectivity index (χ1v) is 5.22. The highest BCUT2D eigenvalue weighted by Gasteiger charge is 2.08. The minimum absolute atomic E-state index is 0.0560. The molecule has 4 heteroatoms. The Bertz CT molecular complexity index is 339. The Morgan fingerprint density at radius 3 is 2.71 bits per heavy atom. The summed E-state index contributed by atoms with van der Waals surface area (Å²) in [4.78, 5) is 11.6. The molecular formula is C10H13BrN2O. The lowest BCUT2D eigenvalue weighted by Gasteiger charge is -2.04. The average Bonchev–Trinajstić information content (AvgIpc) is 2.14. The van der Waals surface area contributed by atoms with Gasteiger partial charge in [-0.25, -0.2) is 0 Å². The molecule has 1 aromatic carbocycles. The smallest absolute Gasteiger partial charge is 0.164 e. The molecule has 1 aromatic rings. The van der Waals surface area contributed by atoms with Gasteiger partial charge in [-0.3, -0.25) is 4.79 Å². The molecule has 0 aliphatic rings. The number of ketones is 1. The molecule has 3 nitrogen and oxygen atoms in total. The van der Waals surface area contributed by atoms with Gasteiger partial charge in [0, 0.05) is 22.1 Å². The Labute approximate surface area is 91.6 Å². The number of halogens is 1. The van der Waals surface area contributed by atoms with Gasteiger partial charge in [0.1, 0.15) is 0 Å². The zero-order chi connectivity index (χ0) is 10.6. The van der Waals surface area contributed by atoms with Gasteiger partial charge in [-0.2, -0.15) is 0 Å². The zero-order valence-electron chi connectivity index (χ0n) is 7.79. The molecule has 0 amide bonds. The molecule has 0 bridgehead atoms. The quantitative estimate of drug-likeness (QED) is 0.639. The fraction of sp³-hybridized carbons (Fsp3) is 0.300. The van der Waals surface area contributed by atoms with Crippen LogP contribution in [0.25, 0.3) is 0 Å². The summed E-state index contributed by atoms with van der Waals surface area (Å²) in [5.74, 6) is 0.0560. The number of nitrogen functional groups attached to an aromatic ring is 1. The van der Waals surface area contributed by atoms with Crippen molar-refractivity contribution in [1.29, 1.82) is 0 Å². The molecule has 0 aliphatic carbocycles. The molecule has 0 saturated carbocycles. The zero-order valence-corrected chi connectivity index (χ0v) is 9.38. The van der Waals surface area contributed by atoms with Crippen molar-refractivity contribution in [2.45, 2.75) is 12.8 Å². The molecule has 0 aromatic heterocycles. The predicted molar refractivity (Wildman–Crippen MR) is 61.2 cm³/mol. The van der Waals surface area contributed by atoms with Crippen molar-refractivity contribution in [3.63, 3.8) is 0 Å². The van der Waals surface area contributed by atoms with Gasteiger partial charge in [0.2, 0.25) is 0 Å². The fourth-order valence-electron chi connectivity index (χ4n) is 1.18. The number of nitrogens with two attached hydrogens (primary N) is 2. The first kappa shape index (κ1) is 11.2. The van der Waals surface area contributed by atoms with Crippen molar-refractivity contribution >= 4 is 27.4 Å². The van der Waals surface area contributed by atoms with Crippen molar-refractivity contribution in [2.24, 2.45) is 5.73 Å². The van der Waals surface area contributed by atoms with E-state index in [-0.39, 0.29) is 5.78 Å². The first-order valence-electron chi connectivity index (χ1n) is 4.43. The van der Waals surface area contributed by atoms with Crippen LogP contribution in [0.15, 0.2) is 22.7 Å². The molecule has 0 saturated heterocycles. The maximum atomic E-state index is 11.6. The van der Waals surface area contributed by atoms with E-state index in [2.05, 4.69) is 15.9 Å². The summed E-state index contributed by atoms with van der Waals surface area (Å²) in [6.45, 7) is 0.530. The fourth-order valence-corrected chi connectivity index (χ4v) is 1.56. The maximum Gasteiger partial charge on any atom is 0.164 e. The predicted octanol–water partition coefficient (Wildman–Crippen LogP) is 1.95. The van der Waals surface area contributed by atoms with Crippen molar-refractivity contribution in [3.05, 3.63) is 28.2 Å². The summed E-state index contributed by atoms with van der Waals surface area (Å²) in [5, 5.41) is 0. The van der Waals surface area contributed by atoms with Gasteiger partial charge >= 0.3 is 0 Å².